The number of aryl methyl sites for hydroxylation is 1. The van der Waals surface area contributed by atoms with Crippen LogP contribution in [0.25, 0.3) is 22.0 Å². The third-order valence-corrected chi connectivity index (χ3v) is 3.62. The Kier molecular flexibility index (Phi) is 3.76. The molecule has 23 heavy (non-hydrogen) atoms. The van der Waals surface area contributed by atoms with Gasteiger partial charge in [-0.05, 0) is 41.5 Å². The summed E-state index contributed by atoms with van der Waals surface area (Å²) in [5.74, 6) is -0.705. The summed E-state index contributed by atoms with van der Waals surface area (Å²) in [6.45, 7) is 2.01. The minimum atomic E-state index is -0.459. The highest BCUT2D eigenvalue weighted by Gasteiger charge is 2.11. The van der Waals surface area contributed by atoms with Gasteiger partial charge in [-0.1, -0.05) is 30.3 Å². The molecule has 114 valence electrons. The number of amides is 1. The number of carbonyl (C=O) groups excluding carboxylic acids is 1. The highest BCUT2D eigenvalue weighted by Crippen LogP contribution is 2.30. The molecule has 4 N–H and O–H groups in total. The maximum atomic E-state index is 12.1. The Morgan fingerprint density at radius 1 is 1.09 bits per heavy atom. The summed E-state index contributed by atoms with van der Waals surface area (Å²) in [6, 6.07) is 15.3. The van der Waals surface area contributed by atoms with Crippen LogP contribution in [0.5, 0.6) is 0 Å². The van der Waals surface area contributed by atoms with Crippen molar-refractivity contribution in [3.05, 3.63) is 65.9 Å². The highest BCUT2D eigenvalue weighted by atomic mass is 16.1. The van der Waals surface area contributed by atoms with Gasteiger partial charge in [-0.2, -0.15) is 4.99 Å². The second kappa shape index (κ2) is 5.88. The predicted molar refractivity (Wildman–Crippen MR) is 92.1 cm³/mol. The van der Waals surface area contributed by atoms with Crippen LogP contribution in [0.2, 0.25) is 0 Å². The molecule has 1 heterocycles. The Hall–Kier alpha value is -3.21. The lowest BCUT2D eigenvalue weighted by Crippen LogP contribution is -2.24. The second-order valence-corrected chi connectivity index (χ2v) is 5.25. The quantitative estimate of drug-likeness (QED) is 0.562. The molecule has 3 rings (SSSR count). The Labute approximate surface area is 133 Å². The molecule has 0 bridgehead atoms. The van der Waals surface area contributed by atoms with Gasteiger partial charge >= 0.3 is 0 Å². The van der Waals surface area contributed by atoms with Crippen LogP contribution in [0.15, 0.2) is 59.7 Å². The van der Waals surface area contributed by atoms with E-state index in [0.29, 0.717) is 5.56 Å². The largest absolute Gasteiger partial charge is 0.370 e. The minimum Gasteiger partial charge on any atom is -0.370 e. The smallest absolute Gasteiger partial charge is 0.280 e. The number of hydrogen-bond donors (Lipinski definition) is 2. The molecule has 5 heteroatoms. The number of pyridine rings is 1. The van der Waals surface area contributed by atoms with E-state index in [1.807, 2.05) is 43.3 Å². The van der Waals surface area contributed by atoms with Gasteiger partial charge < -0.3 is 11.5 Å². The number of nitrogens with two attached hydrogens (primary N) is 2. The van der Waals surface area contributed by atoms with Crippen LogP contribution >= 0.6 is 0 Å². The van der Waals surface area contributed by atoms with Crippen LogP contribution < -0.4 is 11.5 Å². The fourth-order valence-corrected chi connectivity index (χ4v) is 2.56. The van der Waals surface area contributed by atoms with E-state index in [0.717, 1.165) is 27.6 Å². The molecule has 0 spiro atoms. The lowest BCUT2D eigenvalue weighted by atomic mass is 9.97. The van der Waals surface area contributed by atoms with E-state index in [4.69, 9.17) is 11.5 Å². The number of hydrogen-bond acceptors (Lipinski definition) is 2. The van der Waals surface area contributed by atoms with Gasteiger partial charge in [-0.15, -0.1) is 0 Å². The Bertz CT molecular complexity index is 927. The van der Waals surface area contributed by atoms with Gasteiger partial charge in [0.25, 0.3) is 5.91 Å². The zero-order valence-electron chi connectivity index (χ0n) is 12.7. The van der Waals surface area contributed by atoms with Gasteiger partial charge in [0.1, 0.15) is 0 Å². The molecular formula is C18H16N4O. The van der Waals surface area contributed by atoms with E-state index in [1.54, 1.807) is 18.3 Å². The van der Waals surface area contributed by atoms with Crippen molar-refractivity contribution in [1.29, 1.82) is 0 Å². The van der Waals surface area contributed by atoms with E-state index in [9.17, 15) is 4.79 Å². The number of nitrogens with zero attached hydrogens (tertiary/aromatic N) is 2. The molecule has 1 amide bonds. The van der Waals surface area contributed by atoms with Crippen LogP contribution in [0.1, 0.15) is 15.9 Å². The minimum absolute atomic E-state index is 0.246. The van der Waals surface area contributed by atoms with Crippen molar-refractivity contribution in [3.8, 4) is 11.3 Å². The van der Waals surface area contributed by atoms with Crippen LogP contribution in [0.3, 0.4) is 0 Å². The first-order valence-electron chi connectivity index (χ1n) is 7.15. The first kappa shape index (κ1) is 14.7. The summed E-state index contributed by atoms with van der Waals surface area (Å²) < 4.78 is 0. The van der Waals surface area contributed by atoms with Crippen LogP contribution in [0, 0.1) is 6.92 Å². The van der Waals surface area contributed by atoms with Gasteiger partial charge in [0.15, 0.2) is 5.96 Å². The van der Waals surface area contributed by atoms with Crippen LogP contribution in [0.4, 0.5) is 0 Å². The zero-order chi connectivity index (χ0) is 16.4. The maximum absolute atomic E-state index is 12.1. The number of rotatable bonds is 2. The van der Waals surface area contributed by atoms with Crippen molar-refractivity contribution >= 4 is 22.6 Å². The Morgan fingerprint density at radius 2 is 1.91 bits per heavy atom. The zero-order valence-corrected chi connectivity index (χ0v) is 12.7. The average Bonchev–Trinajstić information content (AvgIpc) is 2.54. The summed E-state index contributed by atoms with van der Waals surface area (Å²) in [4.78, 5) is 20.1. The molecule has 2 aromatic carbocycles. The van der Waals surface area contributed by atoms with Crippen molar-refractivity contribution in [2.24, 2.45) is 16.5 Å². The number of aliphatic imine (C=N–C) groups is 1. The lowest BCUT2D eigenvalue weighted by Gasteiger charge is -2.09. The first-order chi connectivity index (χ1) is 11.1. The standard InChI is InChI=1S/C18H16N4O/c1-11-4-3-9-21-16(11)14-6-2-5-12-7-8-13(10-15(12)14)17(23)22-18(19)20/h2-10H,1H3,(H4,19,20,22,23). The van der Waals surface area contributed by atoms with Crippen molar-refractivity contribution in [2.45, 2.75) is 6.92 Å². The molecule has 0 atom stereocenters. The molecule has 0 aliphatic rings. The van der Waals surface area contributed by atoms with Gasteiger partial charge in [-0.3, -0.25) is 9.78 Å². The molecule has 0 radical (unpaired) electrons. The molecule has 0 saturated heterocycles. The van der Waals surface area contributed by atoms with Gasteiger partial charge in [0.05, 0.1) is 5.69 Å². The average molecular weight is 304 g/mol. The van der Waals surface area contributed by atoms with E-state index >= 15 is 0 Å². The van der Waals surface area contributed by atoms with Crippen molar-refractivity contribution in [1.82, 2.24) is 4.98 Å². The monoisotopic (exact) mass is 304 g/mol. The van der Waals surface area contributed by atoms with Gasteiger partial charge in [-0.25, -0.2) is 0 Å². The number of benzene rings is 2. The maximum Gasteiger partial charge on any atom is 0.280 e. The molecule has 0 unspecified atom stereocenters. The van der Waals surface area contributed by atoms with E-state index in [2.05, 4.69) is 9.98 Å². The molecule has 3 aromatic rings. The molecular weight excluding hydrogens is 288 g/mol. The van der Waals surface area contributed by atoms with Crippen molar-refractivity contribution in [2.75, 3.05) is 0 Å². The van der Waals surface area contributed by atoms with Crippen LogP contribution in [-0.2, 0) is 0 Å². The number of carbonyl (C=O) groups is 1. The summed E-state index contributed by atoms with van der Waals surface area (Å²) >= 11 is 0. The normalized spacial score (nSPS) is 10.5. The van der Waals surface area contributed by atoms with Gasteiger partial charge in [0, 0.05) is 17.3 Å². The Morgan fingerprint density at radius 3 is 2.65 bits per heavy atom. The van der Waals surface area contributed by atoms with Crippen molar-refractivity contribution < 1.29 is 4.79 Å². The third-order valence-electron chi connectivity index (χ3n) is 3.62. The molecule has 0 fully saturated rings. The highest BCUT2D eigenvalue weighted by molar-refractivity contribution is 6.06. The van der Waals surface area contributed by atoms with Crippen molar-refractivity contribution in [3.63, 3.8) is 0 Å². The number of aromatic nitrogens is 1. The number of guanidine groups is 1. The number of fused-ring (bicyclic) bond motifs is 1. The van der Waals surface area contributed by atoms with E-state index in [1.165, 1.54) is 0 Å². The predicted octanol–water partition coefficient (Wildman–Crippen LogP) is 2.62. The molecule has 1 aromatic heterocycles. The Balaban J connectivity index is 2.22. The summed E-state index contributed by atoms with van der Waals surface area (Å²) in [5.41, 5.74) is 13.9. The molecule has 0 aliphatic carbocycles. The van der Waals surface area contributed by atoms with Crippen LogP contribution in [-0.4, -0.2) is 16.9 Å². The topological polar surface area (TPSA) is 94.4 Å². The molecule has 0 saturated carbocycles. The fourth-order valence-electron chi connectivity index (χ4n) is 2.56. The molecule has 0 aliphatic heterocycles. The first-order valence-corrected chi connectivity index (χ1v) is 7.15. The SMILES string of the molecule is Cc1cccnc1-c1cccc2ccc(C(=O)N=C(N)N)cc12. The molecule has 5 nitrogen and oxygen atoms in total. The fraction of sp³-hybridized carbons (Fsp3) is 0.0556. The summed E-state index contributed by atoms with van der Waals surface area (Å²) in [7, 11) is 0. The summed E-state index contributed by atoms with van der Waals surface area (Å²) in [6.07, 6.45) is 1.76. The summed E-state index contributed by atoms with van der Waals surface area (Å²) in [5, 5.41) is 1.96. The third kappa shape index (κ3) is 2.89. The lowest BCUT2D eigenvalue weighted by molar-refractivity contribution is 0.100. The van der Waals surface area contributed by atoms with E-state index in [-0.39, 0.29) is 5.96 Å². The van der Waals surface area contributed by atoms with E-state index < -0.39 is 5.91 Å². The second-order valence-electron chi connectivity index (χ2n) is 5.25. The van der Waals surface area contributed by atoms with Gasteiger partial charge in [0.2, 0.25) is 0 Å².